The molecule has 1 fully saturated rings. The molecular weight excluding hydrogens is 278 g/mol. The molecule has 1 saturated carbocycles. The number of aryl methyl sites for hydroxylation is 1. The maximum atomic E-state index is 12.6. The molecule has 1 amide bonds. The minimum atomic E-state index is -0.256. The minimum Gasteiger partial charge on any atom is -0.359 e. The zero-order chi connectivity index (χ0) is 15.9. The van der Waals surface area contributed by atoms with Crippen molar-refractivity contribution in [1.82, 2.24) is 19.9 Å². The number of nitrogens with one attached hydrogen (secondary N) is 1. The first-order valence-electron chi connectivity index (χ1n) is 7.48. The summed E-state index contributed by atoms with van der Waals surface area (Å²) in [6.45, 7) is 13.1. The van der Waals surface area contributed by atoms with Crippen LogP contribution in [0, 0.1) is 19.4 Å². The predicted molar refractivity (Wildman–Crippen MR) is 82.9 cm³/mol. The van der Waals surface area contributed by atoms with Crippen molar-refractivity contribution >= 4 is 17.2 Å². The second-order valence-corrected chi connectivity index (χ2v) is 6.48. The fourth-order valence-electron chi connectivity index (χ4n) is 2.90. The highest BCUT2D eigenvalue weighted by Crippen LogP contribution is 2.35. The Balaban J connectivity index is 1.94. The van der Waals surface area contributed by atoms with Crippen molar-refractivity contribution in [2.24, 2.45) is 5.92 Å². The van der Waals surface area contributed by atoms with Gasteiger partial charge in [0, 0.05) is 5.54 Å². The number of amides is 1. The molecule has 0 atom stereocenters. The first-order valence-corrected chi connectivity index (χ1v) is 7.48. The first-order chi connectivity index (χ1) is 10.4. The summed E-state index contributed by atoms with van der Waals surface area (Å²) in [4.78, 5) is 20.1. The van der Waals surface area contributed by atoms with Crippen LogP contribution in [0.15, 0.2) is 12.3 Å². The number of carbonyl (C=O) groups excluding carboxylic acids is 1. The highest BCUT2D eigenvalue weighted by atomic mass is 16.2. The maximum absolute atomic E-state index is 12.6. The number of imidazole rings is 1. The molecule has 1 aliphatic carbocycles. The predicted octanol–water partition coefficient (Wildman–Crippen LogP) is 2.90. The Bertz CT molecular complexity index is 780. The third-order valence-corrected chi connectivity index (χ3v) is 4.57. The summed E-state index contributed by atoms with van der Waals surface area (Å²) in [5.74, 6) is 0.758. The van der Waals surface area contributed by atoms with Gasteiger partial charge in [0.1, 0.15) is 5.52 Å². The van der Waals surface area contributed by atoms with Crippen LogP contribution in [0.5, 0.6) is 0 Å². The van der Waals surface area contributed by atoms with Gasteiger partial charge in [0.05, 0.1) is 6.20 Å². The quantitative estimate of drug-likeness (QED) is 0.886. The lowest BCUT2D eigenvalue weighted by atomic mass is 9.72. The van der Waals surface area contributed by atoms with Gasteiger partial charge in [-0.25, -0.2) is 4.98 Å². The van der Waals surface area contributed by atoms with E-state index in [1.807, 2.05) is 20.8 Å². The monoisotopic (exact) mass is 297 g/mol. The average molecular weight is 297 g/mol. The topological polar surface area (TPSA) is 63.7 Å². The van der Waals surface area contributed by atoms with E-state index in [9.17, 15) is 4.79 Å². The lowest BCUT2D eigenvalue weighted by Crippen LogP contribution is -2.51. The molecule has 1 N–H and O–H groups in total. The first kappa shape index (κ1) is 14.5. The van der Waals surface area contributed by atoms with Gasteiger partial charge in [-0.05, 0) is 56.3 Å². The van der Waals surface area contributed by atoms with Crippen LogP contribution in [0.25, 0.3) is 10.4 Å². The number of nitrogens with zero attached hydrogens (tertiary/aromatic N) is 4. The molecule has 0 radical (unpaired) electrons. The van der Waals surface area contributed by atoms with Crippen molar-refractivity contribution in [2.75, 3.05) is 0 Å². The standard InChI is InChI=1S/C16H19N5O/c1-10-8-13(17-4)20-21-12(10)9-18-14(21)15(22)19-16(2,3)11-6-5-7-11/h8-9,11H,5-7H2,1-3H3,(H,19,22). The fraction of sp³-hybridized carbons (Fsp3) is 0.500. The molecule has 0 aromatic carbocycles. The molecule has 0 unspecified atom stereocenters. The van der Waals surface area contributed by atoms with Crippen LogP contribution in [0.2, 0.25) is 0 Å². The lowest BCUT2D eigenvalue weighted by Gasteiger charge is -2.40. The molecule has 2 aromatic heterocycles. The molecule has 0 aliphatic heterocycles. The van der Waals surface area contributed by atoms with Gasteiger partial charge in [-0.2, -0.15) is 0 Å². The van der Waals surface area contributed by atoms with E-state index in [4.69, 9.17) is 6.57 Å². The summed E-state index contributed by atoms with van der Waals surface area (Å²) in [7, 11) is 0. The van der Waals surface area contributed by atoms with Gasteiger partial charge in [-0.15, -0.1) is 4.52 Å². The number of carbonyl (C=O) groups is 1. The Hall–Kier alpha value is -2.42. The van der Waals surface area contributed by atoms with Crippen molar-refractivity contribution in [1.29, 1.82) is 0 Å². The van der Waals surface area contributed by atoms with E-state index >= 15 is 0 Å². The van der Waals surface area contributed by atoms with Crippen LogP contribution >= 0.6 is 0 Å². The van der Waals surface area contributed by atoms with Crippen LogP contribution < -0.4 is 5.32 Å². The smallest absolute Gasteiger partial charge is 0.294 e. The number of hydrogen-bond donors (Lipinski definition) is 1. The fourth-order valence-corrected chi connectivity index (χ4v) is 2.90. The van der Waals surface area contributed by atoms with Gasteiger partial charge in [-0.3, -0.25) is 4.79 Å². The molecule has 114 valence electrons. The highest BCUT2D eigenvalue weighted by Gasteiger charge is 2.36. The van der Waals surface area contributed by atoms with Gasteiger partial charge in [0.2, 0.25) is 5.82 Å². The van der Waals surface area contributed by atoms with E-state index in [0.29, 0.717) is 5.92 Å². The molecule has 0 bridgehead atoms. The molecule has 0 spiro atoms. The number of hydrogen-bond acceptors (Lipinski definition) is 3. The maximum Gasteiger partial charge on any atom is 0.294 e. The van der Waals surface area contributed by atoms with Crippen molar-refractivity contribution in [3.8, 4) is 0 Å². The zero-order valence-corrected chi connectivity index (χ0v) is 13.1. The summed E-state index contributed by atoms with van der Waals surface area (Å²) < 4.78 is 1.47. The van der Waals surface area contributed by atoms with Crippen LogP contribution in [0.3, 0.4) is 0 Å². The van der Waals surface area contributed by atoms with E-state index in [-0.39, 0.29) is 23.1 Å². The van der Waals surface area contributed by atoms with Crippen molar-refractivity contribution in [3.05, 3.63) is 35.1 Å². The van der Waals surface area contributed by atoms with Crippen molar-refractivity contribution in [3.63, 3.8) is 0 Å². The van der Waals surface area contributed by atoms with E-state index < -0.39 is 0 Å². The van der Waals surface area contributed by atoms with E-state index in [2.05, 4.69) is 20.2 Å². The van der Waals surface area contributed by atoms with Gasteiger partial charge in [-0.1, -0.05) is 13.0 Å². The van der Waals surface area contributed by atoms with E-state index in [1.165, 1.54) is 10.9 Å². The highest BCUT2D eigenvalue weighted by molar-refractivity contribution is 5.92. The third kappa shape index (κ3) is 2.33. The summed E-state index contributed by atoms with van der Waals surface area (Å²) in [6, 6.07) is 1.70. The van der Waals surface area contributed by atoms with E-state index in [1.54, 1.807) is 12.3 Å². The average Bonchev–Trinajstić information content (AvgIpc) is 2.79. The molecule has 3 rings (SSSR count). The Kier molecular flexibility index (Phi) is 3.36. The molecule has 22 heavy (non-hydrogen) atoms. The molecule has 6 heteroatoms. The van der Waals surface area contributed by atoms with Crippen LogP contribution in [-0.2, 0) is 0 Å². The van der Waals surface area contributed by atoms with Gasteiger partial charge < -0.3 is 10.2 Å². The van der Waals surface area contributed by atoms with Crippen molar-refractivity contribution in [2.45, 2.75) is 45.6 Å². The zero-order valence-electron chi connectivity index (χ0n) is 13.1. The van der Waals surface area contributed by atoms with Crippen LogP contribution in [-0.4, -0.2) is 26.0 Å². The molecular formula is C16H19N5O. The normalized spacial score (nSPS) is 15.4. The minimum absolute atomic E-state index is 0.232. The summed E-state index contributed by atoms with van der Waals surface area (Å²) in [5, 5.41) is 7.25. The molecule has 6 nitrogen and oxygen atoms in total. The Morgan fingerprint density at radius 1 is 1.50 bits per heavy atom. The third-order valence-electron chi connectivity index (χ3n) is 4.57. The molecule has 2 aromatic rings. The Morgan fingerprint density at radius 2 is 2.23 bits per heavy atom. The lowest BCUT2D eigenvalue weighted by molar-refractivity contribution is 0.0814. The molecule has 1 aliphatic rings. The SMILES string of the molecule is [C-]#[N+]c1cc(C)c2cnc(C(=O)NC(C)(C)C3CCC3)n2n1. The number of fused-ring (bicyclic) bond motifs is 1. The summed E-state index contributed by atoms with van der Waals surface area (Å²) in [6.07, 6.45) is 5.15. The summed E-state index contributed by atoms with van der Waals surface area (Å²) in [5.41, 5.74) is 1.37. The van der Waals surface area contributed by atoms with Gasteiger partial charge in [0.25, 0.3) is 11.7 Å². The van der Waals surface area contributed by atoms with Crippen molar-refractivity contribution < 1.29 is 4.79 Å². The Labute approximate surface area is 129 Å². The Morgan fingerprint density at radius 3 is 2.82 bits per heavy atom. The largest absolute Gasteiger partial charge is 0.359 e. The van der Waals surface area contributed by atoms with Crippen LogP contribution in [0.1, 0.15) is 49.3 Å². The summed E-state index contributed by atoms with van der Waals surface area (Å²) >= 11 is 0. The van der Waals surface area contributed by atoms with Gasteiger partial charge in [0.15, 0.2) is 0 Å². The second kappa shape index (κ2) is 5.09. The molecule has 2 heterocycles. The van der Waals surface area contributed by atoms with Crippen LogP contribution in [0.4, 0.5) is 5.82 Å². The van der Waals surface area contributed by atoms with E-state index in [0.717, 1.165) is 23.9 Å². The number of rotatable bonds is 3. The van der Waals surface area contributed by atoms with Gasteiger partial charge >= 0.3 is 0 Å². The second-order valence-electron chi connectivity index (χ2n) is 6.48. The molecule has 0 saturated heterocycles. The number of aromatic nitrogens is 3.